The van der Waals surface area contributed by atoms with Gasteiger partial charge in [-0.2, -0.15) is 0 Å². The molecule has 2 unspecified atom stereocenters. The van der Waals surface area contributed by atoms with E-state index in [4.69, 9.17) is 9.47 Å². The molecule has 2 aliphatic rings. The summed E-state index contributed by atoms with van der Waals surface area (Å²) in [6, 6.07) is 6.70. The van der Waals surface area contributed by atoms with Crippen LogP contribution in [0.5, 0.6) is 5.75 Å². The van der Waals surface area contributed by atoms with E-state index in [0.717, 1.165) is 25.7 Å². The molecule has 0 radical (unpaired) electrons. The number of esters is 1. The zero-order valence-electron chi connectivity index (χ0n) is 13.6. The minimum atomic E-state index is -1.27. The van der Waals surface area contributed by atoms with Crippen LogP contribution in [-0.4, -0.2) is 36.9 Å². The lowest BCUT2D eigenvalue weighted by molar-refractivity contribution is -0.151. The summed E-state index contributed by atoms with van der Waals surface area (Å²) in [7, 11) is 1.20. The first kappa shape index (κ1) is 16.5. The van der Waals surface area contributed by atoms with Crippen LogP contribution in [-0.2, 0) is 14.3 Å². The van der Waals surface area contributed by atoms with Gasteiger partial charge in [0.25, 0.3) is 5.91 Å². The summed E-state index contributed by atoms with van der Waals surface area (Å²) in [5, 5.41) is 2.92. The summed E-state index contributed by atoms with van der Waals surface area (Å²) in [6.07, 6.45) is 3.93. The van der Waals surface area contributed by atoms with Gasteiger partial charge in [0.1, 0.15) is 5.75 Å². The van der Waals surface area contributed by atoms with E-state index < -0.39 is 29.7 Å². The molecule has 1 saturated carbocycles. The van der Waals surface area contributed by atoms with E-state index in [2.05, 4.69) is 5.32 Å². The Morgan fingerprint density at radius 3 is 2.58 bits per heavy atom. The van der Waals surface area contributed by atoms with Crippen molar-refractivity contribution in [2.24, 2.45) is 5.92 Å². The average Bonchev–Trinajstić information content (AvgIpc) is 2.62. The number of amides is 1. The highest BCUT2D eigenvalue weighted by Crippen LogP contribution is 2.32. The molecular weight excluding hydrogens is 310 g/mol. The van der Waals surface area contributed by atoms with E-state index in [9.17, 15) is 14.4 Å². The molecule has 2 atom stereocenters. The van der Waals surface area contributed by atoms with Gasteiger partial charge in [-0.15, -0.1) is 0 Å². The third kappa shape index (κ3) is 3.13. The highest BCUT2D eigenvalue weighted by Gasteiger charge is 2.47. The lowest BCUT2D eigenvalue weighted by Crippen LogP contribution is -2.53. The molecule has 1 aromatic carbocycles. The second-order valence-electron chi connectivity index (χ2n) is 6.24. The summed E-state index contributed by atoms with van der Waals surface area (Å²) in [5.41, 5.74) is 0.301. The molecule has 0 saturated heterocycles. The number of hydrogen-bond acceptors (Lipinski definition) is 5. The molecule has 1 aliphatic heterocycles. The number of fused-ring (bicyclic) bond motifs is 1. The smallest absolute Gasteiger partial charge is 0.321 e. The van der Waals surface area contributed by atoms with Gasteiger partial charge in [-0.25, -0.2) is 0 Å². The highest BCUT2D eigenvalue weighted by molar-refractivity contribution is 6.14. The van der Waals surface area contributed by atoms with Crippen LogP contribution < -0.4 is 10.1 Å². The number of carbonyl (C=O) groups is 3. The number of benzene rings is 1. The number of rotatable bonds is 3. The Balaban J connectivity index is 1.84. The van der Waals surface area contributed by atoms with Gasteiger partial charge in [0.15, 0.2) is 17.8 Å². The second kappa shape index (κ2) is 7.03. The van der Waals surface area contributed by atoms with Crippen LogP contribution >= 0.6 is 0 Å². The van der Waals surface area contributed by atoms with Crippen LogP contribution in [0.1, 0.15) is 42.5 Å². The minimum absolute atomic E-state index is 0.0698. The van der Waals surface area contributed by atoms with Gasteiger partial charge >= 0.3 is 5.97 Å². The third-order valence-corrected chi connectivity index (χ3v) is 4.66. The van der Waals surface area contributed by atoms with E-state index in [-0.39, 0.29) is 6.04 Å². The molecule has 1 amide bonds. The van der Waals surface area contributed by atoms with Gasteiger partial charge in [0.2, 0.25) is 0 Å². The van der Waals surface area contributed by atoms with E-state index >= 15 is 0 Å². The maximum Gasteiger partial charge on any atom is 0.321 e. The Hall–Kier alpha value is -2.37. The van der Waals surface area contributed by atoms with E-state index in [0.29, 0.717) is 11.3 Å². The number of methoxy groups -OCH3 is 1. The van der Waals surface area contributed by atoms with E-state index in [1.165, 1.54) is 13.5 Å². The third-order valence-electron chi connectivity index (χ3n) is 4.66. The van der Waals surface area contributed by atoms with Crippen LogP contribution in [0.3, 0.4) is 0 Å². The normalized spacial score (nSPS) is 23.8. The van der Waals surface area contributed by atoms with Gasteiger partial charge in [-0.05, 0) is 25.0 Å². The van der Waals surface area contributed by atoms with Crippen molar-refractivity contribution in [3.8, 4) is 5.75 Å². The topological polar surface area (TPSA) is 81.7 Å². The molecule has 0 spiro atoms. The SMILES string of the molecule is COC(=O)C1C(=O)c2ccccc2OC1C(=O)NC1CCCCC1. The molecule has 1 heterocycles. The maximum atomic E-state index is 12.7. The highest BCUT2D eigenvalue weighted by atomic mass is 16.5. The second-order valence-corrected chi connectivity index (χ2v) is 6.24. The van der Waals surface area contributed by atoms with Gasteiger partial charge in [-0.1, -0.05) is 31.4 Å². The number of carbonyl (C=O) groups excluding carboxylic acids is 3. The van der Waals surface area contributed by atoms with Crippen molar-refractivity contribution >= 4 is 17.7 Å². The fourth-order valence-corrected chi connectivity index (χ4v) is 3.38. The van der Waals surface area contributed by atoms with Crippen molar-refractivity contribution in [1.82, 2.24) is 5.32 Å². The largest absolute Gasteiger partial charge is 0.478 e. The predicted octanol–water partition coefficient (Wildman–Crippen LogP) is 1.87. The monoisotopic (exact) mass is 331 g/mol. The zero-order valence-corrected chi connectivity index (χ0v) is 13.6. The quantitative estimate of drug-likeness (QED) is 0.675. The summed E-state index contributed by atoms with van der Waals surface area (Å²) in [6.45, 7) is 0. The average molecular weight is 331 g/mol. The number of hydrogen-bond donors (Lipinski definition) is 1. The first-order valence-electron chi connectivity index (χ1n) is 8.30. The molecule has 1 aliphatic carbocycles. The van der Waals surface area contributed by atoms with Crippen molar-refractivity contribution < 1.29 is 23.9 Å². The molecule has 6 heteroatoms. The van der Waals surface area contributed by atoms with Gasteiger partial charge in [-0.3, -0.25) is 14.4 Å². The first-order valence-corrected chi connectivity index (χ1v) is 8.30. The number of nitrogens with one attached hydrogen (secondary N) is 1. The van der Waals surface area contributed by atoms with Crippen LogP contribution in [0, 0.1) is 5.92 Å². The van der Waals surface area contributed by atoms with E-state index in [1.54, 1.807) is 24.3 Å². The zero-order chi connectivity index (χ0) is 17.1. The predicted molar refractivity (Wildman–Crippen MR) is 85.7 cm³/mol. The van der Waals surface area contributed by atoms with Crippen LogP contribution in [0.4, 0.5) is 0 Å². The Morgan fingerprint density at radius 1 is 1.17 bits per heavy atom. The fourth-order valence-electron chi connectivity index (χ4n) is 3.38. The molecule has 24 heavy (non-hydrogen) atoms. The maximum absolute atomic E-state index is 12.7. The molecule has 128 valence electrons. The Morgan fingerprint density at radius 2 is 1.88 bits per heavy atom. The molecule has 0 aromatic heterocycles. The first-order chi connectivity index (χ1) is 11.6. The summed E-state index contributed by atoms with van der Waals surface area (Å²) in [4.78, 5) is 37.4. The summed E-state index contributed by atoms with van der Waals surface area (Å²) < 4.78 is 10.4. The van der Waals surface area contributed by atoms with Crippen molar-refractivity contribution in [2.45, 2.75) is 44.2 Å². The lowest BCUT2D eigenvalue weighted by Gasteiger charge is -2.32. The molecular formula is C18H21NO5. The number of ketones is 1. The minimum Gasteiger partial charge on any atom is -0.478 e. The van der Waals surface area contributed by atoms with Gasteiger partial charge < -0.3 is 14.8 Å². The summed E-state index contributed by atoms with van der Waals surface area (Å²) in [5.74, 6) is -2.56. The molecule has 1 N–H and O–H groups in total. The molecule has 3 rings (SSSR count). The van der Waals surface area contributed by atoms with Crippen molar-refractivity contribution in [3.63, 3.8) is 0 Å². The van der Waals surface area contributed by atoms with Gasteiger partial charge in [0.05, 0.1) is 12.7 Å². The lowest BCUT2D eigenvalue weighted by atomic mass is 9.88. The van der Waals surface area contributed by atoms with Crippen molar-refractivity contribution in [1.29, 1.82) is 0 Å². The van der Waals surface area contributed by atoms with Crippen molar-refractivity contribution in [3.05, 3.63) is 29.8 Å². The molecule has 1 aromatic rings. The Kier molecular flexibility index (Phi) is 4.83. The number of Topliss-reactive ketones (excluding diaryl/α,β-unsaturated/α-hetero) is 1. The van der Waals surface area contributed by atoms with Crippen LogP contribution in [0.15, 0.2) is 24.3 Å². The fraction of sp³-hybridized carbons (Fsp3) is 0.500. The Bertz CT molecular complexity index is 651. The summed E-state index contributed by atoms with van der Waals surface area (Å²) >= 11 is 0. The number of para-hydroxylation sites is 1. The van der Waals surface area contributed by atoms with Crippen molar-refractivity contribution in [2.75, 3.05) is 7.11 Å². The standard InChI is InChI=1S/C18H21NO5/c1-23-18(22)14-15(20)12-9-5-6-10-13(12)24-16(14)17(21)19-11-7-3-2-4-8-11/h5-6,9-11,14,16H,2-4,7-8H2,1H3,(H,19,21). The number of ether oxygens (including phenoxy) is 2. The molecule has 0 bridgehead atoms. The Labute approximate surface area is 140 Å². The van der Waals surface area contributed by atoms with Crippen LogP contribution in [0.2, 0.25) is 0 Å². The molecule has 6 nitrogen and oxygen atoms in total. The van der Waals surface area contributed by atoms with Gasteiger partial charge in [0, 0.05) is 6.04 Å². The van der Waals surface area contributed by atoms with Crippen LogP contribution in [0.25, 0.3) is 0 Å². The van der Waals surface area contributed by atoms with E-state index in [1.807, 2.05) is 0 Å². The molecule has 1 fully saturated rings.